The van der Waals surface area contributed by atoms with E-state index in [1.54, 1.807) is 0 Å². The summed E-state index contributed by atoms with van der Waals surface area (Å²) in [5.41, 5.74) is 0. The van der Waals surface area contributed by atoms with Gasteiger partial charge in [-0.1, -0.05) is 66.7 Å². The van der Waals surface area contributed by atoms with Crippen molar-refractivity contribution in [2.75, 3.05) is 13.2 Å². The molecule has 0 aromatic heterocycles. The summed E-state index contributed by atoms with van der Waals surface area (Å²) in [4.78, 5) is 25.4. The van der Waals surface area contributed by atoms with Gasteiger partial charge in [0.2, 0.25) is 0 Å². The number of unbranched alkanes of at least 4 members (excludes halogenated alkanes) is 2. The lowest BCUT2D eigenvalue weighted by Crippen LogP contribution is -2.40. The van der Waals surface area contributed by atoms with Crippen molar-refractivity contribution in [2.45, 2.75) is 92.4 Å². The second-order valence-electron chi connectivity index (χ2n) is 8.80. The Kier molecular flexibility index (Phi) is 11.7. The first kappa shape index (κ1) is 24.0. The average molecular weight is 383 g/mol. The molecule has 1 fully saturated rings. The van der Waals surface area contributed by atoms with Crippen LogP contribution in [0.3, 0.4) is 0 Å². The van der Waals surface area contributed by atoms with Gasteiger partial charge in [-0.2, -0.15) is 0 Å². The normalized spacial score (nSPS) is 24.9. The summed E-state index contributed by atoms with van der Waals surface area (Å²) in [5.74, 6) is -0.178. The van der Waals surface area contributed by atoms with E-state index in [0.29, 0.717) is 25.0 Å². The number of carbonyl (C=O) groups excluding carboxylic acids is 2. The van der Waals surface area contributed by atoms with Crippen LogP contribution in [0.15, 0.2) is 0 Å². The third kappa shape index (κ3) is 8.66. The average Bonchev–Trinajstić information content (AvgIpc) is 2.66. The molecule has 4 nitrogen and oxygen atoms in total. The molecule has 5 atom stereocenters. The summed E-state index contributed by atoms with van der Waals surface area (Å²) >= 11 is 0. The third-order valence-electron chi connectivity index (χ3n) is 5.92. The lowest BCUT2D eigenvalue weighted by Gasteiger charge is -2.33. The Balaban J connectivity index is 2.57. The first-order valence-electron chi connectivity index (χ1n) is 11.2. The van der Waals surface area contributed by atoms with Crippen LogP contribution in [0.4, 0.5) is 0 Å². The summed E-state index contributed by atoms with van der Waals surface area (Å²) in [6.07, 6.45) is 9.46. The van der Waals surface area contributed by atoms with E-state index in [-0.39, 0.29) is 29.7 Å². The van der Waals surface area contributed by atoms with E-state index >= 15 is 0 Å². The Morgan fingerprint density at radius 3 is 1.93 bits per heavy atom. The van der Waals surface area contributed by atoms with Crippen molar-refractivity contribution in [3.05, 3.63) is 0 Å². The monoisotopic (exact) mass is 382 g/mol. The van der Waals surface area contributed by atoms with Crippen molar-refractivity contribution < 1.29 is 19.1 Å². The Bertz CT molecular complexity index is 434. The molecule has 5 unspecified atom stereocenters. The lowest BCUT2D eigenvalue weighted by atomic mass is 9.72. The van der Waals surface area contributed by atoms with Crippen LogP contribution in [-0.4, -0.2) is 25.2 Å². The molecule has 0 radical (unpaired) electrons. The molecular formula is C23H42O4. The maximum Gasteiger partial charge on any atom is 0.310 e. The van der Waals surface area contributed by atoms with E-state index in [9.17, 15) is 9.59 Å². The van der Waals surface area contributed by atoms with E-state index in [1.165, 1.54) is 0 Å². The van der Waals surface area contributed by atoms with Gasteiger partial charge in [-0.3, -0.25) is 9.59 Å². The molecule has 0 bridgehead atoms. The Morgan fingerprint density at radius 2 is 1.41 bits per heavy atom. The lowest BCUT2D eigenvalue weighted by molar-refractivity contribution is -0.166. The van der Waals surface area contributed by atoms with Crippen molar-refractivity contribution >= 4 is 11.9 Å². The third-order valence-corrected chi connectivity index (χ3v) is 5.92. The molecule has 1 rings (SSSR count). The van der Waals surface area contributed by atoms with Crippen LogP contribution in [0.5, 0.6) is 0 Å². The Morgan fingerprint density at radius 1 is 0.889 bits per heavy atom. The molecule has 1 saturated carbocycles. The molecule has 0 saturated heterocycles. The number of hydrogen-bond acceptors (Lipinski definition) is 4. The standard InChI is InChI=1S/C23H42O4/c1-6-8-11-17(3)15-26-22(24)20-14-10-13-19(5)21(20)23(25)27-16-18(4)12-9-7-2/h17-21H,6-16H2,1-5H3. The second-order valence-corrected chi connectivity index (χ2v) is 8.80. The minimum Gasteiger partial charge on any atom is -0.465 e. The molecule has 0 aromatic carbocycles. The summed E-state index contributed by atoms with van der Waals surface area (Å²) < 4.78 is 11.2. The Hall–Kier alpha value is -1.06. The first-order valence-corrected chi connectivity index (χ1v) is 11.2. The minimum atomic E-state index is -0.351. The predicted molar refractivity (Wildman–Crippen MR) is 109 cm³/mol. The molecule has 1 aliphatic rings. The molecule has 158 valence electrons. The summed E-state index contributed by atoms with van der Waals surface area (Å²) in [6, 6.07) is 0. The van der Waals surface area contributed by atoms with Crippen molar-refractivity contribution in [1.82, 2.24) is 0 Å². The second kappa shape index (κ2) is 13.2. The van der Waals surface area contributed by atoms with Crippen molar-refractivity contribution in [2.24, 2.45) is 29.6 Å². The van der Waals surface area contributed by atoms with E-state index in [4.69, 9.17) is 9.47 Å². The van der Waals surface area contributed by atoms with E-state index in [0.717, 1.165) is 57.8 Å². The largest absolute Gasteiger partial charge is 0.465 e. The van der Waals surface area contributed by atoms with Crippen molar-refractivity contribution in [3.8, 4) is 0 Å². The van der Waals surface area contributed by atoms with Crippen LogP contribution in [0, 0.1) is 29.6 Å². The maximum absolute atomic E-state index is 12.8. The van der Waals surface area contributed by atoms with Gasteiger partial charge in [0.25, 0.3) is 0 Å². The van der Waals surface area contributed by atoms with Gasteiger partial charge in [0.05, 0.1) is 25.0 Å². The predicted octanol–water partition coefficient (Wildman–Crippen LogP) is 5.78. The van der Waals surface area contributed by atoms with Crippen LogP contribution >= 0.6 is 0 Å². The SMILES string of the molecule is CCCCC(C)COC(=O)C1CCCC(C)C1C(=O)OCC(C)CCCC. The van der Waals surface area contributed by atoms with Crippen LogP contribution in [-0.2, 0) is 19.1 Å². The number of rotatable bonds is 12. The molecule has 0 heterocycles. The van der Waals surface area contributed by atoms with E-state index < -0.39 is 0 Å². The smallest absolute Gasteiger partial charge is 0.310 e. The van der Waals surface area contributed by atoms with Gasteiger partial charge in [-0.15, -0.1) is 0 Å². The maximum atomic E-state index is 12.8. The van der Waals surface area contributed by atoms with E-state index in [2.05, 4.69) is 34.6 Å². The number of ether oxygens (including phenoxy) is 2. The van der Waals surface area contributed by atoms with Gasteiger partial charge in [-0.05, 0) is 43.4 Å². The summed E-state index contributed by atoms with van der Waals surface area (Å²) in [6.45, 7) is 11.6. The van der Waals surface area contributed by atoms with Gasteiger partial charge in [0, 0.05) is 0 Å². The molecule has 0 N–H and O–H groups in total. The van der Waals surface area contributed by atoms with Crippen LogP contribution < -0.4 is 0 Å². The number of carbonyl (C=O) groups is 2. The summed E-state index contributed by atoms with van der Waals surface area (Å²) in [5, 5.41) is 0. The van der Waals surface area contributed by atoms with Gasteiger partial charge in [0.1, 0.15) is 0 Å². The van der Waals surface area contributed by atoms with Gasteiger partial charge < -0.3 is 9.47 Å². The quantitative estimate of drug-likeness (QED) is 0.402. The highest BCUT2D eigenvalue weighted by molar-refractivity contribution is 5.82. The molecule has 1 aliphatic carbocycles. The van der Waals surface area contributed by atoms with Crippen LogP contribution in [0.25, 0.3) is 0 Å². The fourth-order valence-corrected chi connectivity index (χ4v) is 4.00. The zero-order chi connectivity index (χ0) is 20.2. The highest BCUT2D eigenvalue weighted by Gasteiger charge is 2.42. The van der Waals surface area contributed by atoms with Crippen LogP contribution in [0.1, 0.15) is 92.4 Å². The topological polar surface area (TPSA) is 52.6 Å². The number of hydrogen-bond donors (Lipinski definition) is 0. The Labute approximate surface area is 166 Å². The van der Waals surface area contributed by atoms with Crippen LogP contribution in [0.2, 0.25) is 0 Å². The van der Waals surface area contributed by atoms with E-state index in [1.807, 2.05) is 0 Å². The minimum absolute atomic E-state index is 0.173. The molecule has 0 aliphatic heterocycles. The van der Waals surface area contributed by atoms with Gasteiger partial charge in [0.15, 0.2) is 0 Å². The van der Waals surface area contributed by atoms with Gasteiger partial charge >= 0.3 is 11.9 Å². The van der Waals surface area contributed by atoms with Gasteiger partial charge in [-0.25, -0.2) is 0 Å². The zero-order valence-corrected chi connectivity index (χ0v) is 18.3. The molecular weight excluding hydrogens is 340 g/mol. The molecule has 0 amide bonds. The summed E-state index contributed by atoms with van der Waals surface area (Å²) in [7, 11) is 0. The molecule has 0 aromatic rings. The number of esters is 2. The van der Waals surface area contributed by atoms with Crippen molar-refractivity contribution in [1.29, 1.82) is 0 Å². The van der Waals surface area contributed by atoms with Crippen molar-refractivity contribution in [3.63, 3.8) is 0 Å². The fraction of sp³-hybridized carbons (Fsp3) is 0.913. The molecule has 0 spiro atoms. The molecule has 27 heavy (non-hydrogen) atoms. The molecule has 4 heteroatoms. The highest BCUT2D eigenvalue weighted by Crippen LogP contribution is 2.36. The first-order chi connectivity index (χ1) is 12.9. The fourth-order valence-electron chi connectivity index (χ4n) is 4.00. The highest BCUT2D eigenvalue weighted by atomic mass is 16.5. The zero-order valence-electron chi connectivity index (χ0n) is 18.3.